The van der Waals surface area contributed by atoms with Gasteiger partial charge < -0.3 is 9.84 Å². The maximum Gasteiger partial charge on any atom is 0.106 e. The summed E-state index contributed by atoms with van der Waals surface area (Å²) in [6, 6.07) is 9.85. The highest BCUT2D eigenvalue weighted by molar-refractivity contribution is 5.79. The smallest absolute Gasteiger partial charge is 0.106 e. The standard InChI is InChI=1S/C17H22N2O2/c1-2-8-19-9-10-21-16(12-19)17(20)14-5-6-15-13(11-14)4-3-7-18-15/h3-7,11,16-17,20H,2,8-10,12H2,1H3. The van der Waals surface area contributed by atoms with E-state index in [1.165, 1.54) is 0 Å². The second-order valence-electron chi connectivity index (χ2n) is 5.61. The molecule has 0 bridgehead atoms. The third-order valence-corrected chi connectivity index (χ3v) is 4.04. The van der Waals surface area contributed by atoms with Crippen LogP contribution in [0, 0.1) is 0 Å². The Labute approximate surface area is 125 Å². The molecule has 0 saturated carbocycles. The third kappa shape index (κ3) is 3.23. The maximum atomic E-state index is 10.6. The van der Waals surface area contributed by atoms with Crippen LogP contribution in [0.1, 0.15) is 25.0 Å². The van der Waals surface area contributed by atoms with E-state index in [1.807, 2.05) is 30.3 Å². The molecule has 1 aliphatic rings. The van der Waals surface area contributed by atoms with Crippen molar-refractivity contribution in [3.8, 4) is 0 Å². The molecule has 112 valence electrons. The number of fused-ring (bicyclic) bond motifs is 1. The normalized spacial score (nSPS) is 21.5. The number of aromatic nitrogens is 1. The van der Waals surface area contributed by atoms with Crippen LogP contribution in [0.3, 0.4) is 0 Å². The van der Waals surface area contributed by atoms with Crippen molar-refractivity contribution in [2.24, 2.45) is 0 Å². The lowest BCUT2D eigenvalue weighted by molar-refractivity contribution is -0.0898. The zero-order valence-electron chi connectivity index (χ0n) is 12.4. The number of pyridine rings is 1. The Morgan fingerprint density at radius 1 is 1.43 bits per heavy atom. The summed E-state index contributed by atoms with van der Waals surface area (Å²) >= 11 is 0. The van der Waals surface area contributed by atoms with Crippen LogP contribution in [0.2, 0.25) is 0 Å². The van der Waals surface area contributed by atoms with Gasteiger partial charge in [0.15, 0.2) is 0 Å². The number of morpholine rings is 1. The zero-order valence-corrected chi connectivity index (χ0v) is 12.4. The van der Waals surface area contributed by atoms with Gasteiger partial charge in [-0.2, -0.15) is 0 Å². The topological polar surface area (TPSA) is 45.6 Å². The molecule has 2 aromatic rings. The highest BCUT2D eigenvalue weighted by Crippen LogP contribution is 2.25. The molecule has 1 aliphatic heterocycles. The quantitative estimate of drug-likeness (QED) is 0.937. The molecular weight excluding hydrogens is 264 g/mol. The molecule has 1 N–H and O–H groups in total. The van der Waals surface area contributed by atoms with Crippen LogP contribution in [0.25, 0.3) is 10.9 Å². The summed E-state index contributed by atoms with van der Waals surface area (Å²) in [4.78, 5) is 6.67. The molecule has 1 saturated heterocycles. The number of hydrogen-bond acceptors (Lipinski definition) is 4. The van der Waals surface area contributed by atoms with Gasteiger partial charge in [-0.25, -0.2) is 0 Å². The summed E-state index contributed by atoms with van der Waals surface area (Å²) in [5.74, 6) is 0. The first kappa shape index (κ1) is 14.4. The zero-order chi connectivity index (χ0) is 14.7. The summed E-state index contributed by atoms with van der Waals surface area (Å²) in [6.45, 7) is 5.68. The molecule has 1 fully saturated rings. The molecule has 3 rings (SSSR count). The van der Waals surface area contributed by atoms with E-state index >= 15 is 0 Å². The number of ether oxygens (including phenoxy) is 1. The van der Waals surface area contributed by atoms with Crippen LogP contribution >= 0.6 is 0 Å². The number of hydrogen-bond donors (Lipinski definition) is 1. The van der Waals surface area contributed by atoms with Crippen LogP contribution in [0.4, 0.5) is 0 Å². The van der Waals surface area contributed by atoms with Crippen LogP contribution in [-0.4, -0.2) is 47.3 Å². The molecule has 1 aromatic carbocycles. The molecule has 2 unspecified atom stereocenters. The van der Waals surface area contributed by atoms with E-state index in [2.05, 4.69) is 16.8 Å². The van der Waals surface area contributed by atoms with Crippen molar-refractivity contribution in [1.82, 2.24) is 9.88 Å². The van der Waals surface area contributed by atoms with Crippen molar-refractivity contribution < 1.29 is 9.84 Å². The Hall–Kier alpha value is -1.49. The molecule has 2 heterocycles. The Bertz CT molecular complexity index is 600. The maximum absolute atomic E-state index is 10.6. The van der Waals surface area contributed by atoms with E-state index in [9.17, 15) is 5.11 Å². The van der Waals surface area contributed by atoms with Crippen molar-refractivity contribution in [3.05, 3.63) is 42.1 Å². The minimum absolute atomic E-state index is 0.153. The lowest BCUT2D eigenvalue weighted by Crippen LogP contribution is -2.45. The van der Waals surface area contributed by atoms with Crippen LogP contribution in [-0.2, 0) is 4.74 Å². The van der Waals surface area contributed by atoms with Gasteiger partial charge in [-0.3, -0.25) is 9.88 Å². The van der Waals surface area contributed by atoms with Gasteiger partial charge in [-0.15, -0.1) is 0 Å². The monoisotopic (exact) mass is 286 g/mol. The van der Waals surface area contributed by atoms with Gasteiger partial charge in [-0.1, -0.05) is 19.1 Å². The summed E-state index contributed by atoms with van der Waals surface area (Å²) in [5, 5.41) is 11.7. The minimum Gasteiger partial charge on any atom is -0.386 e. The predicted octanol–water partition coefficient (Wildman–Crippen LogP) is 2.38. The van der Waals surface area contributed by atoms with Crippen molar-refractivity contribution >= 4 is 10.9 Å². The highest BCUT2D eigenvalue weighted by atomic mass is 16.5. The van der Waals surface area contributed by atoms with Gasteiger partial charge in [0.25, 0.3) is 0 Å². The summed E-state index contributed by atoms with van der Waals surface area (Å²) in [7, 11) is 0. The Kier molecular flexibility index (Phi) is 4.48. The van der Waals surface area contributed by atoms with Gasteiger partial charge in [0, 0.05) is 24.7 Å². The number of aliphatic hydroxyl groups is 1. The summed E-state index contributed by atoms with van der Waals surface area (Å²) in [6.07, 6.45) is 2.17. The highest BCUT2D eigenvalue weighted by Gasteiger charge is 2.27. The molecule has 0 spiro atoms. The van der Waals surface area contributed by atoms with E-state index in [-0.39, 0.29) is 6.10 Å². The van der Waals surface area contributed by atoms with Crippen molar-refractivity contribution in [1.29, 1.82) is 0 Å². The average molecular weight is 286 g/mol. The fraction of sp³-hybridized carbons (Fsp3) is 0.471. The average Bonchev–Trinajstić information content (AvgIpc) is 2.54. The summed E-state index contributed by atoms with van der Waals surface area (Å²) < 4.78 is 5.78. The second-order valence-corrected chi connectivity index (χ2v) is 5.61. The van der Waals surface area contributed by atoms with Gasteiger partial charge in [0.1, 0.15) is 12.2 Å². The Morgan fingerprint density at radius 2 is 2.33 bits per heavy atom. The molecule has 4 nitrogen and oxygen atoms in total. The Balaban J connectivity index is 1.77. The molecule has 0 amide bonds. The predicted molar refractivity (Wildman–Crippen MR) is 83.2 cm³/mol. The van der Waals surface area contributed by atoms with Crippen molar-refractivity contribution in [2.75, 3.05) is 26.2 Å². The third-order valence-electron chi connectivity index (χ3n) is 4.04. The molecule has 0 radical (unpaired) electrons. The Morgan fingerprint density at radius 3 is 3.19 bits per heavy atom. The first-order valence-electron chi connectivity index (χ1n) is 7.64. The second kappa shape index (κ2) is 6.52. The van der Waals surface area contributed by atoms with E-state index in [0.717, 1.165) is 42.5 Å². The lowest BCUT2D eigenvalue weighted by Gasteiger charge is -2.35. The first-order valence-corrected chi connectivity index (χ1v) is 7.64. The number of nitrogens with zero attached hydrogens (tertiary/aromatic N) is 2. The van der Waals surface area contributed by atoms with Crippen LogP contribution in [0.15, 0.2) is 36.5 Å². The van der Waals surface area contributed by atoms with Gasteiger partial charge in [-0.05, 0) is 36.7 Å². The molecule has 21 heavy (non-hydrogen) atoms. The number of benzene rings is 1. The van der Waals surface area contributed by atoms with Crippen molar-refractivity contribution in [3.63, 3.8) is 0 Å². The largest absolute Gasteiger partial charge is 0.386 e. The number of aliphatic hydroxyl groups excluding tert-OH is 1. The molecule has 2 atom stereocenters. The van der Waals surface area contributed by atoms with Gasteiger partial charge in [0.2, 0.25) is 0 Å². The summed E-state index contributed by atoms with van der Waals surface area (Å²) in [5.41, 5.74) is 1.85. The molecule has 1 aromatic heterocycles. The fourth-order valence-electron chi connectivity index (χ4n) is 2.93. The van der Waals surface area contributed by atoms with Crippen LogP contribution in [0.5, 0.6) is 0 Å². The lowest BCUT2D eigenvalue weighted by atomic mass is 10.0. The number of rotatable bonds is 4. The minimum atomic E-state index is -0.589. The van der Waals surface area contributed by atoms with Crippen LogP contribution < -0.4 is 0 Å². The van der Waals surface area contributed by atoms with E-state index < -0.39 is 6.10 Å². The van der Waals surface area contributed by atoms with Crippen molar-refractivity contribution in [2.45, 2.75) is 25.6 Å². The van der Waals surface area contributed by atoms with Gasteiger partial charge in [0.05, 0.1) is 12.1 Å². The SMILES string of the molecule is CCCN1CCOC(C(O)c2ccc3ncccc3c2)C1. The van der Waals surface area contributed by atoms with E-state index in [4.69, 9.17) is 4.74 Å². The molecule has 0 aliphatic carbocycles. The van der Waals surface area contributed by atoms with Gasteiger partial charge >= 0.3 is 0 Å². The fourth-order valence-corrected chi connectivity index (χ4v) is 2.93. The first-order chi connectivity index (χ1) is 10.3. The molecule has 4 heteroatoms. The van der Waals surface area contributed by atoms with E-state index in [1.54, 1.807) is 6.20 Å². The molecular formula is C17H22N2O2. The van der Waals surface area contributed by atoms with E-state index in [0.29, 0.717) is 6.61 Å².